The van der Waals surface area contributed by atoms with Crippen molar-refractivity contribution in [3.05, 3.63) is 23.2 Å². The molecule has 0 atom stereocenters. The zero-order valence-corrected chi connectivity index (χ0v) is 9.43. The van der Waals surface area contributed by atoms with Crippen LogP contribution in [0.5, 0.6) is 0 Å². The van der Waals surface area contributed by atoms with Gasteiger partial charge in [0.15, 0.2) is 0 Å². The van der Waals surface area contributed by atoms with Gasteiger partial charge < -0.3 is 10.2 Å². The quantitative estimate of drug-likeness (QED) is 0.786. The zero-order valence-electron chi connectivity index (χ0n) is 8.67. The fourth-order valence-electron chi connectivity index (χ4n) is 2.25. The van der Waals surface area contributed by atoms with E-state index in [-0.39, 0.29) is 0 Å². The lowest BCUT2D eigenvalue weighted by Gasteiger charge is -2.24. The van der Waals surface area contributed by atoms with E-state index in [0.29, 0.717) is 0 Å². The first-order valence-electron chi connectivity index (χ1n) is 5.65. The van der Waals surface area contributed by atoms with Crippen LogP contribution in [-0.4, -0.2) is 19.1 Å². The van der Waals surface area contributed by atoms with Crippen LogP contribution in [0.4, 0.5) is 11.4 Å². The predicted molar refractivity (Wildman–Crippen MR) is 64.9 cm³/mol. The minimum Gasteiger partial charge on any atom is -0.383 e. The van der Waals surface area contributed by atoms with Crippen LogP contribution in [0.3, 0.4) is 0 Å². The highest BCUT2D eigenvalue weighted by Crippen LogP contribution is 2.38. The third-order valence-corrected chi connectivity index (χ3v) is 3.38. The standard InChI is InChI=1S/C12H15ClN2/c13-9-2-5-11-12(8-9)15(10-3-4-10)7-1-6-14-11/h2,5,8,10,14H,1,3-4,6-7H2. The molecule has 1 N–H and O–H groups in total. The fraction of sp³-hybridized carbons (Fsp3) is 0.500. The topological polar surface area (TPSA) is 15.3 Å². The lowest BCUT2D eigenvalue weighted by atomic mass is 10.2. The normalized spacial score (nSPS) is 20.5. The molecule has 80 valence electrons. The van der Waals surface area contributed by atoms with Gasteiger partial charge in [-0.05, 0) is 37.5 Å². The van der Waals surface area contributed by atoms with Crippen molar-refractivity contribution in [1.29, 1.82) is 0 Å². The van der Waals surface area contributed by atoms with Crippen LogP contribution < -0.4 is 10.2 Å². The second-order valence-corrected chi connectivity index (χ2v) is 4.80. The van der Waals surface area contributed by atoms with Crippen LogP contribution in [0.2, 0.25) is 5.02 Å². The van der Waals surface area contributed by atoms with Gasteiger partial charge >= 0.3 is 0 Å². The summed E-state index contributed by atoms with van der Waals surface area (Å²) in [7, 11) is 0. The maximum Gasteiger partial charge on any atom is 0.0619 e. The van der Waals surface area contributed by atoms with Crippen LogP contribution in [0, 0.1) is 0 Å². The summed E-state index contributed by atoms with van der Waals surface area (Å²) >= 11 is 6.07. The molecule has 15 heavy (non-hydrogen) atoms. The van der Waals surface area contributed by atoms with Gasteiger partial charge in [0.2, 0.25) is 0 Å². The molecule has 1 aliphatic carbocycles. The highest BCUT2D eigenvalue weighted by atomic mass is 35.5. The highest BCUT2D eigenvalue weighted by molar-refractivity contribution is 6.31. The molecule has 1 fully saturated rings. The molecule has 1 aromatic rings. The first-order valence-corrected chi connectivity index (χ1v) is 6.02. The largest absolute Gasteiger partial charge is 0.383 e. The summed E-state index contributed by atoms with van der Waals surface area (Å²) in [5.74, 6) is 0. The van der Waals surface area contributed by atoms with Gasteiger partial charge in [-0.2, -0.15) is 0 Å². The summed E-state index contributed by atoms with van der Waals surface area (Å²) in [5.41, 5.74) is 2.53. The Bertz CT molecular complexity index is 374. The molecular formula is C12H15ClN2. The molecule has 0 radical (unpaired) electrons. The van der Waals surface area contributed by atoms with E-state index in [4.69, 9.17) is 11.6 Å². The number of rotatable bonds is 1. The van der Waals surface area contributed by atoms with Gasteiger partial charge in [-0.25, -0.2) is 0 Å². The molecule has 1 aromatic carbocycles. The summed E-state index contributed by atoms with van der Waals surface area (Å²) in [4.78, 5) is 2.52. The second kappa shape index (κ2) is 3.60. The molecule has 1 heterocycles. The average Bonchev–Trinajstić information content (AvgIpc) is 3.01. The summed E-state index contributed by atoms with van der Waals surface area (Å²) in [6, 6.07) is 6.91. The van der Waals surface area contributed by atoms with Gasteiger partial charge in [0.25, 0.3) is 0 Å². The van der Waals surface area contributed by atoms with Gasteiger partial charge in [-0.3, -0.25) is 0 Å². The molecule has 2 aliphatic rings. The Kier molecular flexibility index (Phi) is 2.24. The number of halogens is 1. The number of hydrogen-bond donors (Lipinski definition) is 1. The van der Waals surface area contributed by atoms with E-state index in [2.05, 4.69) is 22.3 Å². The molecule has 0 unspecified atom stereocenters. The molecule has 0 aromatic heterocycles. The number of nitrogens with one attached hydrogen (secondary N) is 1. The SMILES string of the molecule is Clc1ccc2c(c1)N(C1CC1)CCCN2. The molecule has 3 rings (SSSR count). The summed E-state index contributed by atoms with van der Waals surface area (Å²) in [5, 5.41) is 4.30. The molecule has 0 spiro atoms. The van der Waals surface area contributed by atoms with E-state index in [1.54, 1.807) is 0 Å². The molecule has 2 nitrogen and oxygen atoms in total. The number of benzene rings is 1. The highest BCUT2D eigenvalue weighted by Gasteiger charge is 2.31. The Labute approximate surface area is 95.2 Å². The Morgan fingerprint density at radius 2 is 2.20 bits per heavy atom. The van der Waals surface area contributed by atoms with E-state index in [1.165, 1.54) is 30.6 Å². The maximum atomic E-state index is 6.07. The number of nitrogens with zero attached hydrogens (tertiary/aromatic N) is 1. The van der Waals surface area contributed by atoms with Crippen molar-refractivity contribution in [2.45, 2.75) is 25.3 Å². The van der Waals surface area contributed by atoms with Crippen molar-refractivity contribution in [2.24, 2.45) is 0 Å². The number of fused-ring (bicyclic) bond motifs is 1. The molecule has 0 bridgehead atoms. The van der Waals surface area contributed by atoms with E-state index in [1.807, 2.05) is 6.07 Å². The third kappa shape index (κ3) is 1.78. The van der Waals surface area contributed by atoms with E-state index in [9.17, 15) is 0 Å². The predicted octanol–water partition coefficient (Wildman–Crippen LogP) is 3.12. The van der Waals surface area contributed by atoms with Gasteiger partial charge in [0.1, 0.15) is 0 Å². The third-order valence-electron chi connectivity index (χ3n) is 3.15. The van der Waals surface area contributed by atoms with Crippen LogP contribution in [0.25, 0.3) is 0 Å². The molecule has 1 saturated carbocycles. The van der Waals surface area contributed by atoms with Crippen molar-refractivity contribution in [2.75, 3.05) is 23.3 Å². The lowest BCUT2D eigenvalue weighted by Crippen LogP contribution is -2.26. The summed E-state index contributed by atoms with van der Waals surface area (Å²) in [6.07, 6.45) is 3.89. The van der Waals surface area contributed by atoms with E-state index >= 15 is 0 Å². The summed E-state index contributed by atoms with van der Waals surface area (Å²) in [6.45, 7) is 2.23. The van der Waals surface area contributed by atoms with E-state index in [0.717, 1.165) is 24.2 Å². The Morgan fingerprint density at radius 1 is 1.33 bits per heavy atom. The van der Waals surface area contributed by atoms with E-state index < -0.39 is 0 Å². The van der Waals surface area contributed by atoms with Gasteiger partial charge in [0.05, 0.1) is 11.4 Å². The molecular weight excluding hydrogens is 208 g/mol. The van der Waals surface area contributed by atoms with Crippen molar-refractivity contribution >= 4 is 23.0 Å². The molecule has 1 aliphatic heterocycles. The van der Waals surface area contributed by atoms with Crippen LogP contribution >= 0.6 is 11.6 Å². The second-order valence-electron chi connectivity index (χ2n) is 4.37. The number of hydrogen-bond acceptors (Lipinski definition) is 2. The Balaban J connectivity index is 2.02. The minimum atomic E-state index is 0.766. The smallest absolute Gasteiger partial charge is 0.0619 e. The first kappa shape index (κ1) is 9.34. The zero-order chi connectivity index (χ0) is 10.3. The summed E-state index contributed by atoms with van der Waals surface area (Å²) < 4.78 is 0. The van der Waals surface area contributed by atoms with Crippen molar-refractivity contribution in [3.63, 3.8) is 0 Å². The van der Waals surface area contributed by atoms with Crippen molar-refractivity contribution < 1.29 is 0 Å². The van der Waals surface area contributed by atoms with Crippen LogP contribution in [0.1, 0.15) is 19.3 Å². The van der Waals surface area contributed by atoms with Crippen LogP contribution in [0.15, 0.2) is 18.2 Å². The maximum absolute atomic E-state index is 6.07. The molecule has 0 saturated heterocycles. The van der Waals surface area contributed by atoms with Crippen LogP contribution in [-0.2, 0) is 0 Å². The Hall–Kier alpha value is -0.890. The fourth-order valence-corrected chi connectivity index (χ4v) is 2.42. The minimum absolute atomic E-state index is 0.766. The lowest BCUT2D eigenvalue weighted by molar-refractivity contribution is 0.760. The number of anilines is 2. The van der Waals surface area contributed by atoms with Crippen molar-refractivity contribution in [1.82, 2.24) is 0 Å². The van der Waals surface area contributed by atoms with Gasteiger partial charge in [-0.1, -0.05) is 11.6 Å². The van der Waals surface area contributed by atoms with Crippen molar-refractivity contribution in [3.8, 4) is 0 Å². The first-order chi connectivity index (χ1) is 7.34. The molecule has 3 heteroatoms. The van der Waals surface area contributed by atoms with Gasteiger partial charge in [-0.15, -0.1) is 0 Å². The monoisotopic (exact) mass is 222 g/mol. The van der Waals surface area contributed by atoms with Gasteiger partial charge in [0, 0.05) is 24.2 Å². The average molecular weight is 223 g/mol. The Morgan fingerprint density at radius 3 is 3.00 bits per heavy atom. The molecule has 0 amide bonds.